The number of nitrogens with one attached hydrogen (secondary N) is 3. The van der Waals surface area contributed by atoms with Crippen molar-refractivity contribution in [3.63, 3.8) is 0 Å². The van der Waals surface area contributed by atoms with Crippen molar-refractivity contribution in [2.24, 2.45) is 11.8 Å². The Balaban J connectivity index is 1.87. The SMILES string of the molecule is CCC(C)SC1CC(=O)N(CCC(=O)NC(C(=O)N[C@@H](C)C(=O)Nc2ccc(CC(C)C)cc2)C(C)C)C1=O. The molecule has 1 saturated heterocycles. The number of hydrogen-bond acceptors (Lipinski definition) is 6. The molecule has 5 amide bonds. The number of amides is 5. The molecule has 4 atom stereocenters. The maximum absolute atomic E-state index is 12.9. The highest BCUT2D eigenvalue weighted by atomic mass is 32.2. The lowest BCUT2D eigenvalue weighted by Crippen LogP contribution is -2.54. The third kappa shape index (κ3) is 9.98. The Morgan fingerprint density at radius 2 is 1.62 bits per heavy atom. The molecular formula is C29H44N4O5S. The van der Waals surface area contributed by atoms with Gasteiger partial charge >= 0.3 is 0 Å². The number of carbonyl (C=O) groups excluding carboxylic acids is 5. The second kappa shape index (κ2) is 15.1. The fraction of sp³-hybridized carbons (Fsp3) is 0.621. The Labute approximate surface area is 236 Å². The molecule has 0 aliphatic carbocycles. The summed E-state index contributed by atoms with van der Waals surface area (Å²) in [5.74, 6) is -1.54. The summed E-state index contributed by atoms with van der Waals surface area (Å²) in [5.41, 5.74) is 1.82. The lowest BCUT2D eigenvalue weighted by Gasteiger charge is -2.24. The number of rotatable bonds is 14. The quantitative estimate of drug-likeness (QED) is 0.299. The van der Waals surface area contributed by atoms with E-state index in [1.54, 1.807) is 20.8 Å². The molecule has 3 N–H and O–H groups in total. The second-order valence-corrected chi connectivity index (χ2v) is 12.6. The first-order chi connectivity index (χ1) is 18.3. The maximum Gasteiger partial charge on any atom is 0.246 e. The highest BCUT2D eigenvalue weighted by Gasteiger charge is 2.39. The van der Waals surface area contributed by atoms with Crippen molar-refractivity contribution in [2.45, 2.75) is 96.7 Å². The largest absolute Gasteiger partial charge is 0.344 e. The van der Waals surface area contributed by atoms with Crippen LogP contribution in [-0.2, 0) is 30.4 Å². The second-order valence-electron chi connectivity index (χ2n) is 11.0. The third-order valence-electron chi connectivity index (χ3n) is 6.62. The van der Waals surface area contributed by atoms with E-state index in [0.717, 1.165) is 17.7 Å². The molecule has 216 valence electrons. The van der Waals surface area contributed by atoms with Crippen LogP contribution in [0.4, 0.5) is 5.69 Å². The molecule has 1 fully saturated rings. The number of benzene rings is 1. The van der Waals surface area contributed by atoms with E-state index in [0.29, 0.717) is 11.6 Å². The number of thioether (sulfide) groups is 1. The van der Waals surface area contributed by atoms with Crippen LogP contribution in [0, 0.1) is 11.8 Å². The monoisotopic (exact) mass is 560 g/mol. The predicted octanol–water partition coefficient (Wildman–Crippen LogP) is 3.52. The van der Waals surface area contributed by atoms with Crippen molar-refractivity contribution in [2.75, 3.05) is 11.9 Å². The standard InChI is InChI=1S/C29H44N4O5S/c1-8-19(6)39-23-16-25(35)33(29(23)38)14-13-24(34)32-26(18(4)5)28(37)30-20(7)27(36)31-22-11-9-21(10-12-22)15-17(2)3/h9-12,17-20,23,26H,8,13-16H2,1-7H3,(H,30,37)(H,31,36)(H,32,34)/t19?,20-,23?,26?/m0/s1. The van der Waals surface area contributed by atoms with E-state index in [2.05, 4.69) is 29.8 Å². The van der Waals surface area contributed by atoms with E-state index in [1.807, 2.05) is 38.1 Å². The summed E-state index contributed by atoms with van der Waals surface area (Å²) >= 11 is 1.49. The number of carbonyl (C=O) groups is 5. The summed E-state index contributed by atoms with van der Waals surface area (Å²) in [4.78, 5) is 64.4. The molecule has 1 heterocycles. The Hall–Kier alpha value is -2.88. The van der Waals surface area contributed by atoms with Gasteiger partial charge in [0.15, 0.2) is 0 Å². The minimum atomic E-state index is -0.873. The number of anilines is 1. The van der Waals surface area contributed by atoms with E-state index < -0.39 is 29.1 Å². The third-order valence-corrected chi connectivity index (χ3v) is 8.11. The Bertz CT molecular complexity index is 1030. The first kappa shape index (κ1) is 32.3. The van der Waals surface area contributed by atoms with Crippen LogP contribution in [0.1, 0.15) is 73.3 Å². The molecule has 39 heavy (non-hydrogen) atoms. The van der Waals surface area contributed by atoms with Crippen molar-refractivity contribution in [3.8, 4) is 0 Å². The molecule has 1 aliphatic rings. The fourth-order valence-electron chi connectivity index (χ4n) is 4.18. The van der Waals surface area contributed by atoms with Crippen LogP contribution in [-0.4, -0.2) is 63.6 Å². The molecular weight excluding hydrogens is 516 g/mol. The highest BCUT2D eigenvalue weighted by Crippen LogP contribution is 2.29. The number of likely N-dealkylation sites (tertiary alicyclic amines) is 1. The van der Waals surface area contributed by atoms with Crippen molar-refractivity contribution >= 4 is 47.0 Å². The van der Waals surface area contributed by atoms with Gasteiger partial charge < -0.3 is 16.0 Å². The summed E-state index contributed by atoms with van der Waals surface area (Å²) in [6, 6.07) is 5.91. The summed E-state index contributed by atoms with van der Waals surface area (Å²) in [6.45, 7) is 13.5. The molecule has 3 unspecified atom stereocenters. The Morgan fingerprint density at radius 3 is 2.18 bits per heavy atom. The van der Waals surface area contributed by atoms with Gasteiger partial charge in [-0.1, -0.05) is 53.7 Å². The lowest BCUT2D eigenvalue weighted by molar-refractivity contribution is -0.139. The first-order valence-electron chi connectivity index (χ1n) is 13.8. The lowest BCUT2D eigenvalue weighted by atomic mass is 10.0. The molecule has 0 saturated carbocycles. The van der Waals surface area contributed by atoms with Gasteiger partial charge in [-0.05, 0) is 49.3 Å². The molecule has 9 nitrogen and oxygen atoms in total. The zero-order valence-electron chi connectivity index (χ0n) is 24.2. The molecule has 10 heteroatoms. The average Bonchev–Trinajstić information content (AvgIpc) is 3.13. The van der Waals surface area contributed by atoms with Crippen LogP contribution in [0.3, 0.4) is 0 Å². The normalized spacial score (nSPS) is 17.8. The first-order valence-corrected chi connectivity index (χ1v) is 14.8. The van der Waals surface area contributed by atoms with Crippen molar-refractivity contribution in [1.82, 2.24) is 15.5 Å². The molecule has 1 aromatic rings. The topological polar surface area (TPSA) is 125 Å². The molecule has 0 aromatic heterocycles. The Kier molecular flexibility index (Phi) is 12.5. The molecule has 0 radical (unpaired) electrons. The van der Waals surface area contributed by atoms with Crippen LogP contribution in [0.5, 0.6) is 0 Å². The van der Waals surface area contributed by atoms with E-state index in [4.69, 9.17) is 0 Å². The van der Waals surface area contributed by atoms with Gasteiger partial charge in [-0.15, -0.1) is 11.8 Å². The van der Waals surface area contributed by atoms with Gasteiger partial charge in [0.1, 0.15) is 12.1 Å². The van der Waals surface area contributed by atoms with Gasteiger partial charge in [-0.25, -0.2) is 0 Å². The number of imide groups is 1. The van der Waals surface area contributed by atoms with Crippen LogP contribution in [0.2, 0.25) is 0 Å². The minimum absolute atomic E-state index is 0.0255. The van der Waals surface area contributed by atoms with Gasteiger partial charge in [0.25, 0.3) is 0 Å². The molecule has 1 aliphatic heterocycles. The van der Waals surface area contributed by atoms with Gasteiger partial charge in [0.2, 0.25) is 29.5 Å². The van der Waals surface area contributed by atoms with Gasteiger partial charge in [0.05, 0.1) is 5.25 Å². The van der Waals surface area contributed by atoms with Crippen LogP contribution in [0.15, 0.2) is 24.3 Å². The average molecular weight is 561 g/mol. The number of nitrogens with zero attached hydrogens (tertiary/aromatic N) is 1. The molecule has 1 aromatic carbocycles. The van der Waals surface area contributed by atoms with Gasteiger partial charge in [0, 0.05) is 30.3 Å². The van der Waals surface area contributed by atoms with Crippen LogP contribution < -0.4 is 16.0 Å². The van der Waals surface area contributed by atoms with E-state index in [-0.39, 0.29) is 48.3 Å². The number of hydrogen-bond donors (Lipinski definition) is 3. The van der Waals surface area contributed by atoms with Gasteiger partial charge in [-0.3, -0.25) is 28.9 Å². The predicted molar refractivity (Wildman–Crippen MR) is 155 cm³/mol. The highest BCUT2D eigenvalue weighted by molar-refractivity contribution is 8.01. The summed E-state index contributed by atoms with van der Waals surface area (Å²) in [6.07, 6.45) is 1.90. The van der Waals surface area contributed by atoms with Crippen molar-refractivity contribution in [1.29, 1.82) is 0 Å². The smallest absolute Gasteiger partial charge is 0.246 e. The van der Waals surface area contributed by atoms with E-state index in [1.165, 1.54) is 17.3 Å². The van der Waals surface area contributed by atoms with Crippen molar-refractivity contribution in [3.05, 3.63) is 29.8 Å². The minimum Gasteiger partial charge on any atom is -0.344 e. The molecule has 0 spiro atoms. The Morgan fingerprint density at radius 1 is 0.974 bits per heavy atom. The van der Waals surface area contributed by atoms with Crippen LogP contribution in [0.25, 0.3) is 0 Å². The zero-order chi connectivity index (χ0) is 29.3. The molecule has 0 bridgehead atoms. The maximum atomic E-state index is 12.9. The summed E-state index contributed by atoms with van der Waals surface area (Å²) < 4.78 is 0. The molecule has 2 rings (SSSR count). The summed E-state index contributed by atoms with van der Waals surface area (Å²) in [5, 5.41) is 8.04. The fourth-order valence-corrected chi connectivity index (χ4v) is 5.42. The van der Waals surface area contributed by atoms with Gasteiger partial charge in [-0.2, -0.15) is 0 Å². The zero-order valence-corrected chi connectivity index (χ0v) is 25.0. The van der Waals surface area contributed by atoms with E-state index in [9.17, 15) is 24.0 Å². The summed E-state index contributed by atoms with van der Waals surface area (Å²) in [7, 11) is 0. The van der Waals surface area contributed by atoms with Crippen LogP contribution >= 0.6 is 11.8 Å². The van der Waals surface area contributed by atoms with Crippen molar-refractivity contribution < 1.29 is 24.0 Å². The van der Waals surface area contributed by atoms with E-state index >= 15 is 0 Å².